The van der Waals surface area contributed by atoms with E-state index >= 15 is 0 Å². The molecule has 0 saturated heterocycles. The van der Waals surface area contributed by atoms with Gasteiger partial charge in [0, 0.05) is 58.7 Å². The van der Waals surface area contributed by atoms with Gasteiger partial charge in [0.2, 0.25) is 0 Å². The minimum atomic E-state index is -0.0323. The Bertz CT molecular complexity index is 662. The first-order valence-corrected chi connectivity index (χ1v) is 6.94. The molecule has 0 radical (unpaired) electrons. The summed E-state index contributed by atoms with van der Waals surface area (Å²) in [4.78, 5) is 20.2. The molecule has 0 atom stereocenters. The largest absolute Gasteiger partial charge is 0.343 e. The van der Waals surface area contributed by atoms with Crippen molar-refractivity contribution < 1.29 is 4.79 Å². The summed E-state index contributed by atoms with van der Waals surface area (Å²) >= 11 is 0. The molecule has 1 aliphatic rings. The number of pyridine rings is 1. The van der Waals surface area contributed by atoms with Gasteiger partial charge < -0.3 is 4.90 Å². The van der Waals surface area contributed by atoms with Crippen LogP contribution in [0, 0.1) is 0 Å². The maximum atomic E-state index is 12.2. The second kappa shape index (κ2) is 5.29. The molecule has 6 nitrogen and oxygen atoms in total. The zero-order valence-corrected chi connectivity index (χ0v) is 12.6. The fraction of sp³-hybridized carbons (Fsp3) is 0.400. The normalized spacial score (nSPS) is 14.2. The lowest BCUT2D eigenvalue weighted by Gasteiger charge is -2.15. The van der Waals surface area contributed by atoms with Gasteiger partial charge in [-0.05, 0) is 11.6 Å². The summed E-state index contributed by atoms with van der Waals surface area (Å²) in [6.07, 6.45) is 3.66. The molecular formula is C15H19N5O. The van der Waals surface area contributed by atoms with E-state index < -0.39 is 0 Å². The van der Waals surface area contributed by atoms with Gasteiger partial charge in [-0.15, -0.1) is 0 Å². The molecule has 0 N–H and O–H groups in total. The molecule has 0 bridgehead atoms. The Kier molecular flexibility index (Phi) is 3.47. The topological polar surface area (TPSA) is 54.3 Å². The molecule has 3 heterocycles. The van der Waals surface area contributed by atoms with Gasteiger partial charge >= 0.3 is 0 Å². The SMILES string of the molecule is CN(C)C(=O)c1nn(C)c2c1CN(Cc1cccnc1)C2. The average Bonchev–Trinajstić information content (AvgIpc) is 3.00. The van der Waals surface area contributed by atoms with Crippen LogP contribution in [0.3, 0.4) is 0 Å². The van der Waals surface area contributed by atoms with Gasteiger partial charge in [-0.25, -0.2) is 0 Å². The van der Waals surface area contributed by atoms with E-state index in [0.717, 1.165) is 30.9 Å². The number of nitrogens with zero attached hydrogens (tertiary/aromatic N) is 5. The molecule has 0 aromatic carbocycles. The van der Waals surface area contributed by atoms with Gasteiger partial charge in [0.1, 0.15) is 0 Å². The van der Waals surface area contributed by atoms with Crippen LogP contribution in [-0.4, -0.2) is 44.6 Å². The standard InChI is InChI=1S/C15H19N5O/c1-18(2)15(21)14-12-9-20(10-13(12)19(3)17-14)8-11-5-4-6-16-7-11/h4-7H,8-10H2,1-3H3. The van der Waals surface area contributed by atoms with Gasteiger partial charge in [-0.1, -0.05) is 6.07 Å². The number of carbonyl (C=O) groups excluding carboxylic acids is 1. The molecule has 0 aliphatic carbocycles. The Morgan fingerprint density at radius 1 is 1.38 bits per heavy atom. The molecular weight excluding hydrogens is 266 g/mol. The van der Waals surface area contributed by atoms with Crippen molar-refractivity contribution in [3.05, 3.63) is 47.0 Å². The highest BCUT2D eigenvalue weighted by Gasteiger charge is 2.30. The van der Waals surface area contributed by atoms with Crippen LogP contribution in [0.4, 0.5) is 0 Å². The molecule has 0 saturated carbocycles. The molecule has 3 rings (SSSR count). The minimum absolute atomic E-state index is 0.0323. The third-order valence-corrected chi connectivity index (χ3v) is 3.77. The molecule has 1 amide bonds. The van der Waals surface area contributed by atoms with Crippen LogP contribution in [0.5, 0.6) is 0 Å². The minimum Gasteiger partial charge on any atom is -0.343 e. The van der Waals surface area contributed by atoms with Crippen molar-refractivity contribution in [1.29, 1.82) is 0 Å². The van der Waals surface area contributed by atoms with Crippen LogP contribution in [0.25, 0.3) is 0 Å². The molecule has 0 spiro atoms. The van der Waals surface area contributed by atoms with E-state index in [9.17, 15) is 4.79 Å². The van der Waals surface area contributed by atoms with Crippen LogP contribution in [0.1, 0.15) is 27.3 Å². The molecule has 2 aromatic heterocycles. The van der Waals surface area contributed by atoms with Crippen molar-refractivity contribution in [1.82, 2.24) is 24.6 Å². The first-order valence-electron chi connectivity index (χ1n) is 6.94. The lowest BCUT2D eigenvalue weighted by atomic mass is 10.2. The first kappa shape index (κ1) is 13.8. The van der Waals surface area contributed by atoms with Gasteiger partial charge in [0.05, 0.1) is 5.69 Å². The quantitative estimate of drug-likeness (QED) is 0.845. The molecule has 6 heteroatoms. The maximum Gasteiger partial charge on any atom is 0.274 e. The fourth-order valence-electron chi connectivity index (χ4n) is 2.70. The van der Waals surface area contributed by atoms with Crippen molar-refractivity contribution >= 4 is 5.91 Å². The van der Waals surface area contributed by atoms with Crippen molar-refractivity contribution in [2.24, 2.45) is 7.05 Å². The van der Waals surface area contributed by atoms with E-state index in [4.69, 9.17) is 0 Å². The van der Waals surface area contributed by atoms with E-state index in [2.05, 4.69) is 21.0 Å². The predicted molar refractivity (Wildman–Crippen MR) is 78.4 cm³/mol. The Morgan fingerprint density at radius 3 is 2.86 bits per heavy atom. The van der Waals surface area contributed by atoms with Crippen molar-refractivity contribution in [2.45, 2.75) is 19.6 Å². The highest BCUT2D eigenvalue weighted by Crippen LogP contribution is 2.27. The van der Waals surface area contributed by atoms with Crippen molar-refractivity contribution in [3.8, 4) is 0 Å². The van der Waals surface area contributed by atoms with Crippen molar-refractivity contribution in [2.75, 3.05) is 14.1 Å². The van der Waals surface area contributed by atoms with E-state index in [1.807, 2.05) is 24.0 Å². The van der Waals surface area contributed by atoms with Gasteiger partial charge in [0.15, 0.2) is 5.69 Å². The number of hydrogen-bond acceptors (Lipinski definition) is 4. The molecule has 0 fully saturated rings. The van der Waals surface area contributed by atoms with E-state index in [1.54, 1.807) is 25.2 Å². The van der Waals surface area contributed by atoms with Crippen LogP contribution in [-0.2, 0) is 26.7 Å². The average molecular weight is 285 g/mol. The monoisotopic (exact) mass is 285 g/mol. The molecule has 1 aliphatic heterocycles. The molecule has 21 heavy (non-hydrogen) atoms. The van der Waals surface area contributed by atoms with Crippen molar-refractivity contribution in [3.63, 3.8) is 0 Å². The zero-order chi connectivity index (χ0) is 15.0. The summed E-state index contributed by atoms with van der Waals surface area (Å²) in [6, 6.07) is 4.02. The van der Waals surface area contributed by atoms with E-state index in [0.29, 0.717) is 5.69 Å². The third-order valence-electron chi connectivity index (χ3n) is 3.77. The molecule has 110 valence electrons. The van der Waals surface area contributed by atoms with E-state index in [1.165, 1.54) is 5.56 Å². The van der Waals surface area contributed by atoms with E-state index in [-0.39, 0.29) is 5.91 Å². The molecule has 2 aromatic rings. The second-order valence-corrected chi connectivity index (χ2v) is 5.60. The summed E-state index contributed by atoms with van der Waals surface area (Å²) in [6.45, 7) is 2.40. The number of amides is 1. The lowest BCUT2D eigenvalue weighted by molar-refractivity contribution is 0.0819. The number of carbonyl (C=O) groups is 1. The van der Waals surface area contributed by atoms with Gasteiger partial charge in [-0.2, -0.15) is 5.10 Å². The number of fused-ring (bicyclic) bond motifs is 1. The summed E-state index contributed by atoms with van der Waals surface area (Å²) in [5, 5.41) is 4.38. The number of aromatic nitrogens is 3. The summed E-state index contributed by atoms with van der Waals surface area (Å²) in [5.41, 5.74) is 3.94. The Morgan fingerprint density at radius 2 is 2.19 bits per heavy atom. The van der Waals surface area contributed by atoms with Gasteiger partial charge in [-0.3, -0.25) is 19.4 Å². The summed E-state index contributed by atoms with van der Waals surface area (Å²) in [5.74, 6) is -0.0323. The second-order valence-electron chi connectivity index (χ2n) is 5.60. The summed E-state index contributed by atoms with van der Waals surface area (Å²) < 4.78 is 1.83. The predicted octanol–water partition coefficient (Wildman–Crippen LogP) is 1.03. The first-order chi connectivity index (χ1) is 10.1. The van der Waals surface area contributed by atoms with Crippen LogP contribution < -0.4 is 0 Å². The number of rotatable bonds is 3. The molecule has 0 unspecified atom stereocenters. The fourth-order valence-corrected chi connectivity index (χ4v) is 2.70. The highest BCUT2D eigenvalue weighted by molar-refractivity contribution is 5.93. The van der Waals surface area contributed by atoms with Crippen LogP contribution >= 0.6 is 0 Å². The lowest BCUT2D eigenvalue weighted by Crippen LogP contribution is -2.24. The Hall–Kier alpha value is -2.21. The van der Waals surface area contributed by atoms with Crippen LogP contribution in [0.2, 0.25) is 0 Å². The number of hydrogen-bond donors (Lipinski definition) is 0. The smallest absolute Gasteiger partial charge is 0.274 e. The number of aryl methyl sites for hydroxylation is 1. The maximum absolute atomic E-state index is 12.2. The van der Waals surface area contributed by atoms with Crippen LogP contribution in [0.15, 0.2) is 24.5 Å². The highest BCUT2D eigenvalue weighted by atomic mass is 16.2. The zero-order valence-electron chi connectivity index (χ0n) is 12.6. The Balaban J connectivity index is 1.81. The third kappa shape index (κ3) is 2.54. The Labute approximate surface area is 124 Å². The van der Waals surface area contributed by atoms with Gasteiger partial charge in [0.25, 0.3) is 5.91 Å². The summed E-state index contributed by atoms with van der Waals surface area (Å²) in [7, 11) is 5.41.